The largest absolute Gasteiger partial charge is 0.327 e. The molecule has 1 saturated heterocycles. The van der Waals surface area contributed by atoms with Gasteiger partial charge in [0.2, 0.25) is 0 Å². The Balaban J connectivity index is 1.93. The summed E-state index contributed by atoms with van der Waals surface area (Å²) in [6.45, 7) is 6.38. The van der Waals surface area contributed by atoms with Gasteiger partial charge < -0.3 is 10.2 Å². The van der Waals surface area contributed by atoms with Crippen molar-refractivity contribution in [3.8, 4) is 0 Å². The van der Waals surface area contributed by atoms with Crippen LogP contribution in [0.15, 0.2) is 24.3 Å². The number of rotatable bonds is 4. The topological polar surface area (TPSA) is 50.6 Å². The standard InChI is InChI=1S/C16H22N2O2/c1-12-7-9-18(10-8-12)11-16(20)17-15-6-4-3-5-14(15)13(2)19/h3-6,12H,7-11H2,1-2H3,(H,17,20)/p+1. The van der Waals surface area contributed by atoms with Gasteiger partial charge in [-0.25, -0.2) is 0 Å². The summed E-state index contributed by atoms with van der Waals surface area (Å²) in [5.41, 5.74) is 1.19. The van der Waals surface area contributed by atoms with E-state index in [2.05, 4.69) is 12.2 Å². The van der Waals surface area contributed by atoms with Crippen LogP contribution in [0.25, 0.3) is 0 Å². The highest BCUT2D eigenvalue weighted by molar-refractivity contribution is 6.03. The van der Waals surface area contributed by atoms with E-state index in [0.717, 1.165) is 19.0 Å². The van der Waals surface area contributed by atoms with Crippen LogP contribution in [-0.4, -0.2) is 31.3 Å². The van der Waals surface area contributed by atoms with Gasteiger partial charge in [-0.1, -0.05) is 19.1 Å². The first kappa shape index (κ1) is 14.7. The Morgan fingerprint density at radius 3 is 2.55 bits per heavy atom. The summed E-state index contributed by atoms with van der Waals surface area (Å²) in [6.07, 6.45) is 2.37. The van der Waals surface area contributed by atoms with E-state index in [0.29, 0.717) is 17.8 Å². The first-order chi connectivity index (χ1) is 9.56. The Labute approximate surface area is 120 Å². The number of anilines is 1. The Hall–Kier alpha value is -1.68. The lowest BCUT2D eigenvalue weighted by atomic mass is 9.99. The molecule has 108 valence electrons. The molecule has 4 heteroatoms. The quantitative estimate of drug-likeness (QED) is 0.810. The fourth-order valence-corrected chi connectivity index (χ4v) is 2.67. The molecule has 0 unspecified atom stereocenters. The molecule has 0 aromatic heterocycles. The summed E-state index contributed by atoms with van der Waals surface area (Å²) in [7, 11) is 0. The summed E-state index contributed by atoms with van der Waals surface area (Å²) in [5.74, 6) is 0.739. The highest BCUT2D eigenvalue weighted by atomic mass is 16.2. The maximum absolute atomic E-state index is 12.1. The van der Waals surface area contributed by atoms with Crippen LogP contribution in [0.3, 0.4) is 0 Å². The molecule has 1 aliphatic rings. The van der Waals surface area contributed by atoms with Crippen LogP contribution >= 0.6 is 0 Å². The molecule has 0 aliphatic carbocycles. The normalized spacial score (nSPS) is 22.3. The third kappa shape index (κ3) is 3.90. The molecule has 1 fully saturated rings. The van der Waals surface area contributed by atoms with Gasteiger partial charge in [0.05, 0.1) is 18.8 Å². The number of quaternary nitrogens is 1. The van der Waals surface area contributed by atoms with Crippen molar-refractivity contribution in [3.63, 3.8) is 0 Å². The van der Waals surface area contributed by atoms with E-state index in [1.807, 2.05) is 12.1 Å². The van der Waals surface area contributed by atoms with Crippen molar-refractivity contribution < 1.29 is 14.5 Å². The molecule has 4 nitrogen and oxygen atoms in total. The van der Waals surface area contributed by atoms with Gasteiger partial charge >= 0.3 is 0 Å². The molecule has 0 spiro atoms. The van der Waals surface area contributed by atoms with Crippen LogP contribution < -0.4 is 10.2 Å². The summed E-state index contributed by atoms with van der Waals surface area (Å²) in [6, 6.07) is 7.16. The second kappa shape index (κ2) is 6.66. The first-order valence-corrected chi connectivity index (χ1v) is 7.29. The van der Waals surface area contributed by atoms with E-state index in [9.17, 15) is 9.59 Å². The van der Waals surface area contributed by atoms with Crippen LogP contribution in [0.4, 0.5) is 5.69 Å². The molecule has 0 radical (unpaired) electrons. The van der Waals surface area contributed by atoms with Crippen LogP contribution in [0, 0.1) is 5.92 Å². The van der Waals surface area contributed by atoms with E-state index >= 15 is 0 Å². The number of benzene rings is 1. The van der Waals surface area contributed by atoms with Gasteiger partial charge in [-0.3, -0.25) is 9.59 Å². The number of nitrogens with one attached hydrogen (secondary N) is 2. The smallest absolute Gasteiger partial charge is 0.279 e. The molecule has 1 aromatic carbocycles. The minimum absolute atomic E-state index is 0.0109. The number of carbonyl (C=O) groups excluding carboxylic acids is 2. The van der Waals surface area contributed by atoms with Crippen molar-refractivity contribution in [3.05, 3.63) is 29.8 Å². The summed E-state index contributed by atoms with van der Waals surface area (Å²) >= 11 is 0. The molecule has 2 N–H and O–H groups in total. The molecule has 20 heavy (non-hydrogen) atoms. The zero-order chi connectivity index (χ0) is 14.5. The van der Waals surface area contributed by atoms with Gasteiger partial charge in [-0.05, 0) is 37.8 Å². The number of amides is 1. The predicted octanol–water partition coefficient (Wildman–Crippen LogP) is 1.14. The minimum Gasteiger partial charge on any atom is -0.327 e. The average molecular weight is 275 g/mol. The Morgan fingerprint density at radius 2 is 1.90 bits per heavy atom. The number of para-hydroxylation sites is 1. The van der Waals surface area contributed by atoms with E-state index in [1.54, 1.807) is 12.1 Å². The molecule has 1 aliphatic heterocycles. The molecular weight excluding hydrogens is 252 g/mol. The Kier molecular flexibility index (Phi) is 4.90. The lowest BCUT2D eigenvalue weighted by Crippen LogP contribution is -3.14. The predicted molar refractivity (Wildman–Crippen MR) is 79.0 cm³/mol. The number of piperidine rings is 1. The van der Waals surface area contributed by atoms with Crippen molar-refractivity contribution >= 4 is 17.4 Å². The third-order valence-electron chi connectivity index (χ3n) is 3.97. The maximum atomic E-state index is 12.1. The molecule has 1 aromatic rings. The molecule has 0 bridgehead atoms. The highest BCUT2D eigenvalue weighted by Gasteiger charge is 2.21. The van der Waals surface area contributed by atoms with Crippen molar-refractivity contribution in [2.24, 2.45) is 5.92 Å². The zero-order valence-corrected chi connectivity index (χ0v) is 12.2. The monoisotopic (exact) mass is 275 g/mol. The second-order valence-corrected chi connectivity index (χ2v) is 5.76. The lowest BCUT2D eigenvalue weighted by Gasteiger charge is -2.26. The minimum atomic E-state index is -0.0277. The number of Topliss-reactive ketones (excluding diaryl/α,β-unsaturated/α-hetero) is 1. The molecule has 0 saturated carbocycles. The SMILES string of the molecule is CC(=O)c1ccccc1NC(=O)C[NH+]1CCC(C)CC1. The van der Waals surface area contributed by atoms with Crippen molar-refractivity contribution in [2.75, 3.05) is 25.0 Å². The summed E-state index contributed by atoms with van der Waals surface area (Å²) in [4.78, 5) is 24.9. The van der Waals surface area contributed by atoms with Crippen molar-refractivity contribution in [1.82, 2.24) is 0 Å². The van der Waals surface area contributed by atoms with Crippen LogP contribution in [0.1, 0.15) is 37.0 Å². The maximum Gasteiger partial charge on any atom is 0.279 e. The van der Waals surface area contributed by atoms with Gasteiger partial charge in [0.15, 0.2) is 12.3 Å². The second-order valence-electron chi connectivity index (χ2n) is 5.76. The summed E-state index contributed by atoms with van der Waals surface area (Å²) in [5, 5.41) is 2.87. The Morgan fingerprint density at radius 1 is 1.25 bits per heavy atom. The molecule has 2 rings (SSSR count). The van der Waals surface area contributed by atoms with Crippen molar-refractivity contribution in [1.29, 1.82) is 0 Å². The zero-order valence-electron chi connectivity index (χ0n) is 12.2. The molecule has 1 heterocycles. The van der Waals surface area contributed by atoms with Crippen LogP contribution in [-0.2, 0) is 4.79 Å². The average Bonchev–Trinajstić information content (AvgIpc) is 2.41. The third-order valence-corrected chi connectivity index (χ3v) is 3.97. The van der Waals surface area contributed by atoms with Crippen molar-refractivity contribution in [2.45, 2.75) is 26.7 Å². The van der Waals surface area contributed by atoms with Gasteiger partial charge in [0.25, 0.3) is 5.91 Å². The number of hydrogen-bond acceptors (Lipinski definition) is 2. The van der Waals surface area contributed by atoms with Gasteiger partial charge in [0, 0.05) is 5.56 Å². The Bertz CT molecular complexity index is 491. The fraction of sp³-hybridized carbons (Fsp3) is 0.500. The molecule has 0 atom stereocenters. The number of hydrogen-bond donors (Lipinski definition) is 2. The van der Waals surface area contributed by atoms with E-state index in [4.69, 9.17) is 0 Å². The molecular formula is C16H23N2O2+. The van der Waals surface area contributed by atoms with E-state index < -0.39 is 0 Å². The number of likely N-dealkylation sites (tertiary alicyclic amines) is 1. The van der Waals surface area contributed by atoms with Crippen LogP contribution in [0.5, 0.6) is 0 Å². The van der Waals surface area contributed by atoms with Crippen LogP contribution in [0.2, 0.25) is 0 Å². The van der Waals surface area contributed by atoms with Gasteiger partial charge in [0.1, 0.15) is 0 Å². The fourth-order valence-electron chi connectivity index (χ4n) is 2.67. The number of carbonyl (C=O) groups is 2. The lowest BCUT2D eigenvalue weighted by molar-refractivity contribution is -0.897. The number of ketones is 1. The van der Waals surface area contributed by atoms with Gasteiger partial charge in [-0.2, -0.15) is 0 Å². The van der Waals surface area contributed by atoms with Gasteiger partial charge in [-0.15, -0.1) is 0 Å². The highest BCUT2D eigenvalue weighted by Crippen LogP contribution is 2.15. The summed E-state index contributed by atoms with van der Waals surface area (Å²) < 4.78 is 0. The van der Waals surface area contributed by atoms with E-state index in [1.165, 1.54) is 24.7 Å². The van der Waals surface area contributed by atoms with E-state index in [-0.39, 0.29) is 11.7 Å². The first-order valence-electron chi connectivity index (χ1n) is 7.29. The molecule has 1 amide bonds.